The topological polar surface area (TPSA) is 141 Å². The largest absolute Gasteiger partial charge is 0.394 e. The van der Waals surface area contributed by atoms with Crippen LogP contribution < -0.4 is 10.6 Å². The van der Waals surface area contributed by atoms with Gasteiger partial charge in [-0.2, -0.15) is 5.10 Å². The average Bonchev–Trinajstić information content (AvgIpc) is 3.33. The molecule has 0 spiro atoms. The van der Waals surface area contributed by atoms with E-state index in [-0.39, 0.29) is 33.8 Å². The van der Waals surface area contributed by atoms with E-state index in [1.54, 1.807) is 48.7 Å². The van der Waals surface area contributed by atoms with Crippen molar-refractivity contribution < 1.29 is 24.3 Å². The first-order valence-electron chi connectivity index (χ1n) is 10.4. The highest BCUT2D eigenvalue weighted by Crippen LogP contribution is 2.28. The predicted molar refractivity (Wildman–Crippen MR) is 123 cm³/mol. The minimum absolute atomic E-state index is 0.0874. The Labute approximate surface area is 192 Å². The molecule has 9 nitrogen and oxygen atoms in total. The number of carbonyl (C=O) groups excluding carboxylic acids is 4. The minimum Gasteiger partial charge on any atom is -0.394 e. The molecule has 2 amide bonds. The van der Waals surface area contributed by atoms with E-state index >= 15 is 0 Å². The van der Waals surface area contributed by atoms with E-state index in [4.69, 9.17) is 0 Å². The number of ketones is 2. The van der Waals surface area contributed by atoms with Crippen LogP contribution in [0, 0.1) is 0 Å². The van der Waals surface area contributed by atoms with Crippen molar-refractivity contribution in [3.05, 3.63) is 94.7 Å². The van der Waals surface area contributed by atoms with Crippen LogP contribution in [0.5, 0.6) is 0 Å². The van der Waals surface area contributed by atoms with E-state index in [0.29, 0.717) is 11.3 Å². The fraction of sp³-hybridized carbons (Fsp3) is 0.0800. The van der Waals surface area contributed by atoms with Gasteiger partial charge in [0, 0.05) is 38.9 Å². The molecule has 1 atom stereocenters. The molecule has 34 heavy (non-hydrogen) atoms. The number of carbonyl (C=O) groups is 4. The number of hydrogen-bond acceptors (Lipinski definition) is 6. The molecule has 4 aromatic rings. The molecule has 1 aliphatic carbocycles. The lowest BCUT2D eigenvalue weighted by molar-refractivity contribution is -0.118. The second-order valence-electron chi connectivity index (χ2n) is 7.83. The zero-order chi connectivity index (χ0) is 23.8. The summed E-state index contributed by atoms with van der Waals surface area (Å²) >= 11 is 0. The van der Waals surface area contributed by atoms with E-state index in [1.165, 1.54) is 18.2 Å². The second-order valence-corrected chi connectivity index (χ2v) is 7.83. The van der Waals surface area contributed by atoms with Crippen LogP contribution in [0.4, 0.5) is 5.69 Å². The second kappa shape index (κ2) is 8.38. The summed E-state index contributed by atoms with van der Waals surface area (Å²) in [6, 6.07) is 14.6. The Balaban J connectivity index is 1.34. The molecular weight excluding hydrogens is 436 g/mol. The zero-order valence-corrected chi connectivity index (χ0v) is 17.7. The maximum atomic E-state index is 12.9. The summed E-state index contributed by atoms with van der Waals surface area (Å²) < 4.78 is 0. The average molecular weight is 454 g/mol. The molecule has 0 unspecified atom stereocenters. The smallest absolute Gasteiger partial charge is 0.252 e. The van der Waals surface area contributed by atoms with Gasteiger partial charge in [0.25, 0.3) is 5.91 Å². The molecule has 1 aromatic heterocycles. The fourth-order valence-electron chi connectivity index (χ4n) is 3.92. The Hall–Kier alpha value is -4.63. The lowest BCUT2D eigenvalue weighted by Crippen LogP contribution is -2.46. The van der Waals surface area contributed by atoms with Gasteiger partial charge < -0.3 is 15.7 Å². The number of benzene rings is 3. The summed E-state index contributed by atoms with van der Waals surface area (Å²) in [6.45, 7) is -0.639. The molecule has 0 radical (unpaired) electrons. The maximum Gasteiger partial charge on any atom is 0.252 e. The number of nitrogens with one attached hydrogen (secondary N) is 3. The SMILES string of the molecule is O=C(N[C@@H](CO)C(=O)Nc1ccc2cn[nH]c2c1)c1ccc2c(c1)C(=O)c1ccccc1C2=O. The number of aromatic amines is 1. The van der Waals surface area contributed by atoms with Gasteiger partial charge in [0.1, 0.15) is 6.04 Å². The van der Waals surface area contributed by atoms with Gasteiger partial charge in [0.15, 0.2) is 11.6 Å². The Morgan fingerprint density at radius 3 is 2.35 bits per heavy atom. The van der Waals surface area contributed by atoms with E-state index in [1.807, 2.05) is 0 Å². The molecule has 0 fully saturated rings. The minimum atomic E-state index is -1.24. The molecule has 1 heterocycles. The highest BCUT2D eigenvalue weighted by molar-refractivity contribution is 6.28. The number of hydrogen-bond donors (Lipinski definition) is 4. The van der Waals surface area contributed by atoms with Crippen LogP contribution in [-0.4, -0.2) is 51.3 Å². The van der Waals surface area contributed by atoms with E-state index in [0.717, 1.165) is 10.9 Å². The van der Waals surface area contributed by atoms with Crippen molar-refractivity contribution in [3.8, 4) is 0 Å². The molecule has 3 aromatic carbocycles. The molecule has 4 N–H and O–H groups in total. The Morgan fingerprint density at radius 1 is 0.912 bits per heavy atom. The number of amides is 2. The number of anilines is 1. The third-order valence-corrected chi connectivity index (χ3v) is 5.70. The van der Waals surface area contributed by atoms with Gasteiger partial charge in [0.05, 0.1) is 18.3 Å². The van der Waals surface area contributed by atoms with Gasteiger partial charge in [-0.3, -0.25) is 24.3 Å². The summed E-state index contributed by atoms with van der Waals surface area (Å²) in [5, 5.41) is 22.4. The summed E-state index contributed by atoms with van der Waals surface area (Å²) in [4.78, 5) is 51.1. The van der Waals surface area contributed by atoms with Crippen molar-refractivity contribution in [1.82, 2.24) is 15.5 Å². The van der Waals surface area contributed by atoms with Crippen molar-refractivity contribution in [3.63, 3.8) is 0 Å². The molecule has 168 valence electrons. The first kappa shape index (κ1) is 21.2. The molecule has 0 bridgehead atoms. The maximum absolute atomic E-state index is 12.9. The molecular formula is C25H18N4O5. The first-order valence-corrected chi connectivity index (χ1v) is 10.4. The number of rotatable bonds is 5. The monoisotopic (exact) mass is 454 g/mol. The van der Waals surface area contributed by atoms with Crippen LogP contribution in [0.15, 0.2) is 66.9 Å². The highest BCUT2D eigenvalue weighted by Gasteiger charge is 2.30. The van der Waals surface area contributed by atoms with Crippen LogP contribution in [-0.2, 0) is 4.79 Å². The van der Waals surface area contributed by atoms with Gasteiger partial charge in [-0.05, 0) is 36.4 Å². The third-order valence-electron chi connectivity index (χ3n) is 5.70. The van der Waals surface area contributed by atoms with Crippen LogP contribution in [0.3, 0.4) is 0 Å². The number of H-pyrrole nitrogens is 1. The molecule has 0 saturated carbocycles. The van der Waals surface area contributed by atoms with Crippen molar-refractivity contribution >= 4 is 40.0 Å². The molecule has 5 rings (SSSR count). The van der Waals surface area contributed by atoms with Gasteiger partial charge >= 0.3 is 0 Å². The standard InChI is InChI=1S/C25H18N4O5/c30-12-21(25(34)27-15-7-5-14-11-26-29-20(14)10-15)28-24(33)13-6-8-18-19(9-13)23(32)17-4-2-1-3-16(17)22(18)31/h1-11,21,30H,12H2,(H,26,29)(H,27,34)(H,28,33)/t21-/m0/s1. The normalized spacial score (nSPS) is 13.2. The van der Waals surface area contributed by atoms with Crippen LogP contribution >= 0.6 is 0 Å². The summed E-state index contributed by atoms with van der Waals surface area (Å²) in [5.74, 6) is -1.93. The number of nitrogens with zero attached hydrogens (tertiary/aromatic N) is 1. The van der Waals surface area contributed by atoms with Crippen LogP contribution in [0.25, 0.3) is 10.9 Å². The van der Waals surface area contributed by atoms with E-state index in [9.17, 15) is 24.3 Å². The Bertz CT molecular complexity index is 1490. The Morgan fingerprint density at radius 2 is 1.62 bits per heavy atom. The summed E-state index contributed by atoms with van der Waals surface area (Å²) in [7, 11) is 0. The number of aromatic nitrogens is 2. The van der Waals surface area contributed by atoms with Crippen LogP contribution in [0.1, 0.15) is 42.2 Å². The van der Waals surface area contributed by atoms with Gasteiger partial charge in [0.2, 0.25) is 5.91 Å². The van der Waals surface area contributed by atoms with Crippen molar-refractivity contribution in [2.45, 2.75) is 6.04 Å². The van der Waals surface area contributed by atoms with Crippen LogP contribution in [0.2, 0.25) is 0 Å². The number of aliphatic hydroxyl groups is 1. The first-order chi connectivity index (χ1) is 16.5. The van der Waals surface area contributed by atoms with E-state index < -0.39 is 24.5 Å². The van der Waals surface area contributed by atoms with Crippen molar-refractivity contribution in [1.29, 1.82) is 0 Å². The predicted octanol–water partition coefficient (Wildman–Crippen LogP) is 2.07. The lowest BCUT2D eigenvalue weighted by Gasteiger charge is -2.19. The molecule has 1 aliphatic rings. The van der Waals surface area contributed by atoms with Gasteiger partial charge in [-0.25, -0.2) is 0 Å². The van der Waals surface area contributed by atoms with E-state index in [2.05, 4.69) is 20.8 Å². The third kappa shape index (κ3) is 3.63. The van der Waals surface area contributed by atoms with Crippen molar-refractivity contribution in [2.24, 2.45) is 0 Å². The lowest BCUT2D eigenvalue weighted by atomic mass is 9.83. The molecule has 0 saturated heterocycles. The Kier molecular flexibility index (Phi) is 5.23. The fourth-order valence-corrected chi connectivity index (χ4v) is 3.92. The quantitative estimate of drug-likeness (QED) is 0.320. The number of fused-ring (bicyclic) bond motifs is 3. The zero-order valence-electron chi connectivity index (χ0n) is 17.7. The number of aliphatic hydroxyl groups excluding tert-OH is 1. The summed E-state index contributed by atoms with van der Waals surface area (Å²) in [5.41, 5.74) is 2.20. The van der Waals surface area contributed by atoms with Gasteiger partial charge in [-0.15, -0.1) is 0 Å². The van der Waals surface area contributed by atoms with Crippen molar-refractivity contribution in [2.75, 3.05) is 11.9 Å². The summed E-state index contributed by atoms with van der Waals surface area (Å²) in [6.07, 6.45) is 1.65. The highest BCUT2D eigenvalue weighted by atomic mass is 16.3. The molecule has 9 heteroatoms. The van der Waals surface area contributed by atoms with Gasteiger partial charge in [-0.1, -0.05) is 24.3 Å². The molecule has 0 aliphatic heterocycles.